The molecule has 172 valence electrons. The summed E-state index contributed by atoms with van der Waals surface area (Å²) in [6.07, 6.45) is 0.107. The second-order valence-electron chi connectivity index (χ2n) is 9.29. The van der Waals surface area contributed by atoms with Crippen LogP contribution in [0.2, 0.25) is 0 Å². The molecule has 1 aromatic heterocycles. The molecule has 3 aromatic rings. The first-order valence-electron chi connectivity index (χ1n) is 11.3. The first-order chi connectivity index (χ1) is 15.8. The first-order valence-corrected chi connectivity index (χ1v) is 11.3. The van der Waals surface area contributed by atoms with Crippen molar-refractivity contribution in [2.45, 2.75) is 51.0 Å². The molecule has 1 amide bonds. The van der Waals surface area contributed by atoms with Crippen molar-refractivity contribution in [3.8, 4) is 11.5 Å². The lowest BCUT2D eigenvalue weighted by Crippen LogP contribution is -2.56. The fourth-order valence-electron chi connectivity index (χ4n) is 4.99. The fraction of sp³-hybridized carbons (Fsp3) is 0.385. The van der Waals surface area contributed by atoms with Crippen molar-refractivity contribution in [2.75, 3.05) is 13.7 Å². The zero-order valence-electron chi connectivity index (χ0n) is 19.1. The number of rotatable bonds is 4. The predicted octanol–water partition coefficient (Wildman–Crippen LogP) is 3.25. The maximum absolute atomic E-state index is 14.0. The molecule has 0 bridgehead atoms. The highest BCUT2D eigenvalue weighted by atomic mass is 16.5. The van der Waals surface area contributed by atoms with Gasteiger partial charge in [-0.15, -0.1) is 0 Å². The molecule has 7 heteroatoms. The van der Waals surface area contributed by atoms with Crippen LogP contribution in [-0.2, 0) is 11.3 Å². The lowest BCUT2D eigenvalue weighted by Gasteiger charge is -2.45. The number of ether oxygens (including phenoxy) is 2. The molecule has 7 nitrogen and oxygen atoms in total. The van der Waals surface area contributed by atoms with Gasteiger partial charge in [-0.1, -0.05) is 24.3 Å². The number of amides is 1. The van der Waals surface area contributed by atoms with Crippen molar-refractivity contribution in [1.29, 1.82) is 0 Å². The highest BCUT2D eigenvalue weighted by Crippen LogP contribution is 2.45. The van der Waals surface area contributed by atoms with Gasteiger partial charge in [0.05, 0.1) is 30.8 Å². The van der Waals surface area contributed by atoms with Crippen molar-refractivity contribution >= 4 is 16.8 Å². The maximum Gasteiger partial charge on any atom is 0.260 e. The summed E-state index contributed by atoms with van der Waals surface area (Å²) < 4.78 is 13.2. The van der Waals surface area contributed by atoms with Crippen molar-refractivity contribution in [1.82, 2.24) is 9.47 Å². The third kappa shape index (κ3) is 3.47. The van der Waals surface area contributed by atoms with Crippen LogP contribution >= 0.6 is 0 Å². The molecule has 1 N–H and O–H groups in total. The zero-order valence-corrected chi connectivity index (χ0v) is 19.1. The molecular weight excluding hydrogens is 420 g/mol. The van der Waals surface area contributed by atoms with Crippen LogP contribution in [-0.4, -0.2) is 45.8 Å². The molecule has 33 heavy (non-hydrogen) atoms. The molecule has 2 aliphatic heterocycles. The number of fused-ring (bicyclic) bond motifs is 3. The van der Waals surface area contributed by atoms with Gasteiger partial charge in [-0.05, 0) is 50.1 Å². The van der Waals surface area contributed by atoms with Gasteiger partial charge in [0.15, 0.2) is 0 Å². The Morgan fingerprint density at radius 2 is 1.85 bits per heavy atom. The van der Waals surface area contributed by atoms with Crippen LogP contribution in [0.15, 0.2) is 53.3 Å². The van der Waals surface area contributed by atoms with Gasteiger partial charge in [0.25, 0.3) is 5.56 Å². The van der Waals surface area contributed by atoms with Crippen LogP contribution in [0.3, 0.4) is 0 Å². The number of aliphatic hydroxyl groups is 1. The summed E-state index contributed by atoms with van der Waals surface area (Å²) in [6.45, 7) is 4.45. The Balaban J connectivity index is 1.74. The van der Waals surface area contributed by atoms with Crippen LogP contribution < -0.4 is 15.0 Å². The Morgan fingerprint density at radius 1 is 1.12 bits per heavy atom. The molecule has 2 atom stereocenters. The summed E-state index contributed by atoms with van der Waals surface area (Å²) >= 11 is 0. The fourth-order valence-corrected chi connectivity index (χ4v) is 4.99. The summed E-state index contributed by atoms with van der Waals surface area (Å²) in [6, 6.07) is 14.4. The number of methoxy groups -OCH3 is 1. The number of carbonyl (C=O) groups excluding carboxylic acids is 1. The minimum absolute atomic E-state index is 0.0445. The number of aliphatic hydroxyl groups excluding tert-OH is 1. The topological polar surface area (TPSA) is 81.0 Å². The highest BCUT2D eigenvalue weighted by Gasteiger charge is 2.49. The van der Waals surface area contributed by atoms with Crippen LogP contribution in [0, 0.1) is 0 Å². The second-order valence-corrected chi connectivity index (χ2v) is 9.29. The van der Waals surface area contributed by atoms with Gasteiger partial charge in [-0.2, -0.15) is 0 Å². The van der Waals surface area contributed by atoms with Gasteiger partial charge in [0.2, 0.25) is 5.91 Å². The van der Waals surface area contributed by atoms with E-state index in [1.54, 1.807) is 30.4 Å². The highest BCUT2D eigenvalue weighted by molar-refractivity contribution is 5.88. The largest absolute Gasteiger partial charge is 0.497 e. The smallest absolute Gasteiger partial charge is 0.260 e. The van der Waals surface area contributed by atoms with Crippen molar-refractivity contribution in [3.05, 3.63) is 70.0 Å². The normalized spacial score (nSPS) is 21.7. The Morgan fingerprint density at radius 3 is 2.52 bits per heavy atom. The molecule has 0 saturated carbocycles. The summed E-state index contributed by atoms with van der Waals surface area (Å²) in [5.74, 6) is 1.16. The van der Waals surface area contributed by atoms with Crippen LogP contribution in [0.4, 0.5) is 0 Å². The Bertz CT molecular complexity index is 1280. The van der Waals surface area contributed by atoms with Gasteiger partial charge < -0.3 is 24.0 Å². The molecule has 2 aromatic carbocycles. The monoisotopic (exact) mass is 448 g/mol. The minimum Gasteiger partial charge on any atom is -0.497 e. The molecular formula is C26H28N2O5. The van der Waals surface area contributed by atoms with Gasteiger partial charge >= 0.3 is 0 Å². The van der Waals surface area contributed by atoms with Gasteiger partial charge in [0.1, 0.15) is 23.2 Å². The van der Waals surface area contributed by atoms with E-state index in [1.165, 1.54) is 0 Å². The van der Waals surface area contributed by atoms with Crippen molar-refractivity contribution < 1.29 is 19.4 Å². The molecule has 0 radical (unpaired) electrons. The summed E-state index contributed by atoms with van der Waals surface area (Å²) in [4.78, 5) is 28.4. The third-order valence-corrected chi connectivity index (χ3v) is 6.78. The number of hydrogen-bond donors (Lipinski definition) is 1. The average Bonchev–Trinajstić information content (AvgIpc) is 3.23. The molecule has 2 aliphatic rings. The standard InChI is InChI=1S/C26H28N2O5/c1-26(2)24(30)22(27-14-6-9-20(27)29)21-23(33-26)18-7-4-5-8-19(18)28(25(21)31)15-16-10-12-17(32-3)13-11-16/h4-5,7-8,10-13,22,24,30H,6,9,14-15H2,1-3H3/t22-,24+/m0/s1. The lowest BCUT2D eigenvalue weighted by molar-refractivity contribution is -0.139. The van der Waals surface area contributed by atoms with E-state index >= 15 is 0 Å². The van der Waals surface area contributed by atoms with E-state index in [0.29, 0.717) is 37.2 Å². The van der Waals surface area contributed by atoms with E-state index in [0.717, 1.165) is 22.2 Å². The first kappa shape index (κ1) is 21.5. The molecule has 0 spiro atoms. The number of likely N-dealkylation sites (tertiary alicyclic amines) is 1. The van der Waals surface area contributed by atoms with E-state index in [-0.39, 0.29) is 11.5 Å². The van der Waals surface area contributed by atoms with Crippen LogP contribution in [0.5, 0.6) is 11.5 Å². The van der Waals surface area contributed by atoms with E-state index in [9.17, 15) is 14.7 Å². The van der Waals surface area contributed by atoms with E-state index in [2.05, 4.69) is 0 Å². The Hall–Kier alpha value is -3.32. The SMILES string of the molecule is COc1ccc(Cn2c(=O)c3c(c4ccccc42)OC(C)(C)[C@H](O)[C@H]3N2CCCC2=O)cc1. The number of pyridine rings is 1. The molecule has 0 aliphatic carbocycles. The van der Waals surface area contributed by atoms with Crippen molar-refractivity contribution in [2.24, 2.45) is 0 Å². The van der Waals surface area contributed by atoms with E-state index in [4.69, 9.17) is 9.47 Å². The van der Waals surface area contributed by atoms with Gasteiger partial charge in [-0.25, -0.2) is 0 Å². The quantitative estimate of drug-likeness (QED) is 0.663. The van der Waals surface area contributed by atoms with Crippen LogP contribution in [0.25, 0.3) is 10.9 Å². The minimum atomic E-state index is -1.03. The number of benzene rings is 2. The second kappa shape index (κ2) is 7.92. The molecule has 0 unspecified atom stereocenters. The van der Waals surface area contributed by atoms with E-state index < -0.39 is 17.7 Å². The molecule has 3 heterocycles. The van der Waals surface area contributed by atoms with E-state index in [1.807, 2.05) is 48.5 Å². The summed E-state index contributed by atoms with van der Waals surface area (Å²) in [7, 11) is 1.61. The maximum atomic E-state index is 14.0. The Labute approximate surface area is 192 Å². The number of nitrogens with zero attached hydrogens (tertiary/aromatic N) is 2. The van der Waals surface area contributed by atoms with Gasteiger partial charge in [0, 0.05) is 18.4 Å². The summed E-state index contributed by atoms with van der Waals surface area (Å²) in [5.41, 5.74) is 0.825. The number of hydrogen-bond acceptors (Lipinski definition) is 5. The Kier molecular flexibility index (Phi) is 5.16. The molecule has 5 rings (SSSR count). The number of para-hydroxylation sites is 1. The van der Waals surface area contributed by atoms with Gasteiger partial charge in [-0.3, -0.25) is 9.59 Å². The average molecular weight is 449 g/mol. The molecule has 1 fully saturated rings. The number of carbonyl (C=O) groups is 1. The van der Waals surface area contributed by atoms with Crippen molar-refractivity contribution in [3.63, 3.8) is 0 Å². The zero-order chi connectivity index (χ0) is 23.3. The number of aromatic nitrogens is 1. The third-order valence-electron chi connectivity index (χ3n) is 6.78. The lowest BCUT2D eigenvalue weighted by atomic mass is 9.85. The van der Waals surface area contributed by atoms with Crippen LogP contribution in [0.1, 0.15) is 43.9 Å². The summed E-state index contributed by atoms with van der Waals surface area (Å²) in [5, 5.41) is 12.1. The molecule has 1 saturated heterocycles. The predicted molar refractivity (Wildman–Crippen MR) is 125 cm³/mol.